The van der Waals surface area contributed by atoms with Crippen LogP contribution in [-0.2, 0) is 4.79 Å². The van der Waals surface area contributed by atoms with E-state index in [0.29, 0.717) is 10.7 Å². The lowest BCUT2D eigenvalue weighted by molar-refractivity contribution is -0.120. The van der Waals surface area contributed by atoms with Gasteiger partial charge in [0.15, 0.2) is 5.82 Å². The number of hydrogen-bond acceptors (Lipinski definition) is 3. The van der Waals surface area contributed by atoms with Crippen molar-refractivity contribution >= 4 is 46.5 Å². The van der Waals surface area contributed by atoms with Gasteiger partial charge in [0.25, 0.3) is 0 Å². The first-order valence-corrected chi connectivity index (χ1v) is 9.50. The molecule has 26 heavy (non-hydrogen) atoms. The predicted octanol–water partition coefficient (Wildman–Crippen LogP) is 5.86. The molecule has 0 aliphatic rings. The second-order valence-electron chi connectivity index (χ2n) is 5.86. The van der Waals surface area contributed by atoms with Crippen LogP contribution in [0.4, 0.5) is 5.82 Å². The minimum Gasteiger partial charge on any atom is -0.309 e. The largest absolute Gasteiger partial charge is 0.309 e. The van der Waals surface area contributed by atoms with E-state index in [1.54, 1.807) is 12.1 Å². The molecular weight excluding hydrogens is 395 g/mol. The number of carbonyl (C=O) groups excluding carboxylic acids is 1. The van der Waals surface area contributed by atoms with Crippen molar-refractivity contribution in [2.45, 2.75) is 39.5 Å². The molecule has 138 valence electrons. The van der Waals surface area contributed by atoms with Crippen molar-refractivity contribution in [2.75, 3.05) is 5.32 Å². The summed E-state index contributed by atoms with van der Waals surface area (Å²) in [6.07, 6.45) is 4.87. The van der Waals surface area contributed by atoms with Crippen molar-refractivity contribution in [3.05, 3.63) is 39.0 Å². The van der Waals surface area contributed by atoms with Crippen LogP contribution < -0.4 is 5.32 Å². The molecule has 0 spiro atoms. The fraction of sp³-hybridized carbons (Fsp3) is 0.389. The summed E-state index contributed by atoms with van der Waals surface area (Å²) in [4.78, 5) is 12.7. The summed E-state index contributed by atoms with van der Waals surface area (Å²) in [6.45, 7) is 4.05. The lowest BCUT2D eigenvalue weighted by Crippen LogP contribution is -2.24. The first-order chi connectivity index (χ1) is 12.4. The molecule has 0 saturated heterocycles. The number of benzene rings is 1. The zero-order valence-electron chi connectivity index (χ0n) is 14.5. The second-order valence-corrected chi connectivity index (χ2v) is 7.02. The Hall–Kier alpha value is -1.74. The maximum atomic E-state index is 12.7. The van der Waals surface area contributed by atoms with Crippen molar-refractivity contribution in [1.29, 1.82) is 5.26 Å². The van der Waals surface area contributed by atoms with Gasteiger partial charge < -0.3 is 5.32 Å². The Morgan fingerprint density at radius 1 is 1.31 bits per heavy atom. The van der Waals surface area contributed by atoms with E-state index in [-0.39, 0.29) is 33.3 Å². The van der Waals surface area contributed by atoms with Gasteiger partial charge in [0.05, 0.1) is 27.0 Å². The van der Waals surface area contributed by atoms with E-state index in [4.69, 9.17) is 34.8 Å². The first-order valence-electron chi connectivity index (χ1n) is 8.37. The number of nitrogens with zero attached hydrogens (tertiary/aromatic N) is 3. The van der Waals surface area contributed by atoms with Crippen LogP contribution in [0.1, 0.15) is 45.1 Å². The third kappa shape index (κ3) is 4.32. The Morgan fingerprint density at radius 3 is 2.65 bits per heavy atom. The third-order valence-electron chi connectivity index (χ3n) is 4.14. The number of rotatable bonds is 7. The van der Waals surface area contributed by atoms with Crippen LogP contribution in [0.25, 0.3) is 5.69 Å². The number of halogens is 3. The highest BCUT2D eigenvalue weighted by Gasteiger charge is 2.22. The molecule has 0 aliphatic carbocycles. The molecule has 0 radical (unpaired) electrons. The molecule has 0 fully saturated rings. The molecule has 1 heterocycles. The van der Waals surface area contributed by atoms with Crippen molar-refractivity contribution in [3.63, 3.8) is 0 Å². The van der Waals surface area contributed by atoms with Crippen molar-refractivity contribution in [3.8, 4) is 11.8 Å². The Morgan fingerprint density at radius 2 is 2.04 bits per heavy atom. The molecule has 0 aliphatic heterocycles. The predicted molar refractivity (Wildman–Crippen MR) is 105 cm³/mol. The highest BCUT2D eigenvalue weighted by Crippen LogP contribution is 2.36. The summed E-state index contributed by atoms with van der Waals surface area (Å²) in [7, 11) is 0. The Kier molecular flexibility index (Phi) is 7.33. The molecule has 5 nitrogen and oxygen atoms in total. The van der Waals surface area contributed by atoms with Gasteiger partial charge in [0.2, 0.25) is 5.91 Å². The number of anilines is 1. The van der Waals surface area contributed by atoms with Gasteiger partial charge in [0, 0.05) is 5.92 Å². The van der Waals surface area contributed by atoms with Crippen molar-refractivity contribution in [1.82, 2.24) is 9.78 Å². The number of aromatic nitrogens is 2. The van der Waals surface area contributed by atoms with Gasteiger partial charge in [0.1, 0.15) is 11.6 Å². The van der Waals surface area contributed by atoms with E-state index in [1.165, 1.54) is 10.9 Å². The molecular formula is C18H19Cl3N4O. The van der Waals surface area contributed by atoms with Crippen LogP contribution in [-0.4, -0.2) is 15.7 Å². The lowest BCUT2D eigenvalue weighted by atomic mass is 9.98. The highest BCUT2D eigenvalue weighted by molar-refractivity contribution is 6.48. The quantitative estimate of drug-likeness (QED) is 0.578. The Labute approximate surface area is 167 Å². The number of carbonyl (C=O) groups is 1. The lowest BCUT2D eigenvalue weighted by Gasteiger charge is -2.16. The average molecular weight is 414 g/mol. The van der Waals surface area contributed by atoms with Crippen LogP contribution in [0.5, 0.6) is 0 Å². The molecule has 0 bridgehead atoms. The van der Waals surface area contributed by atoms with Gasteiger partial charge in [-0.15, -0.1) is 0 Å². The molecule has 0 saturated carbocycles. The second kappa shape index (κ2) is 9.27. The monoisotopic (exact) mass is 412 g/mol. The van der Waals surface area contributed by atoms with Gasteiger partial charge in [-0.05, 0) is 25.0 Å². The number of nitrogens with one attached hydrogen (secondary N) is 1. The number of amides is 1. The molecule has 8 heteroatoms. The third-order valence-corrected chi connectivity index (χ3v) is 5.43. The maximum absolute atomic E-state index is 12.7. The zero-order chi connectivity index (χ0) is 19.3. The number of unbranched alkanes of at least 4 members (excludes halogenated alkanes) is 1. The minimum absolute atomic E-state index is 0.130. The molecule has 1 aromatic heterocycles. The van der Waals surface area contributed by atoms with Crippen LogP contribution in [0.2, 0.25) is 15.1 Å². The molecule has 1 atom stereocenters. The van der Waals surface area contributed by atoms with Gasteiger partial charge in [-0.1, -0.05) is 61.5 Å². The number of hydrogen-bond donors (Lipinski definition) is 1. The van der Waals surface area contributed by atoms with E-state index in [9.17, 15) is 10.1 Å². The van der Waals surface area contributed by atoms with E-state index >= 15 is 0 Å². The molecule has 1 aromatic carbocycles. The van der Waals surface area contributed by atoms with Crippen molar-refractivity contribution in [2.24, 2.45) is 5.92 Å². The molecule has 1 N–H and O–H groups in total. The SMILES string of the molecule is CCCCC(CC)C(=O)Nc1c(C#N)cnn1-c1ccc(Cl)c(Cl)c1Cl. The zero-order valence-corrected chi connectivity index (χ0v) is 16.8. The van der Waals surface area contributed by atoms with Crippen molar-refractivity contribution < 1.29 is 4.79 Å². The molecule has 2 rings (SSSR count). The van der Waals surface area contributed by atoms with E-state index in [2.05, 4.69) is 17.3 Å². The fourth-order valence-electron chi connectivity index (χ4n) is 2.60. The van der Waals surface area contributed by atoms with E-state index < -0.39 is 0 Å². The van der Waals surface area contributed by atoms with Gasteiger partial charge in [-0.25, -0.2) is 4.68 Å². The topological polar surface area (TPSA) is 70.7 Å². The highest BCUT2D eigenvalue weighted by atomic mass is 35.5. The van der Waals surface area contributed by atoms with Crippen LogP contribution in [0.3, 0.4) is 0 Å². The Bertz CT molecular complexity index is 842. The summed E-state index contributed by atoms with van der Waals surface area (Å²) in [6, 6.07) is 5.25. The van der Waals surface area contributed by atoms with E-state index in [1.807, 2.05) is 13.0 Å². The summed E-state index contributed by atoms with van der Waals surface area (Å²) in [5, 5.41) is 17.1. The maximum Gasteiger partial charge on any atom is 0.228 e. The Balaban J connectivity index is 2.41. The standard InChI is InChI=1S/C18H19Cl3N4O/c1-3-5-6-11(4-2)18(26)24-17-12(9-22)10-23-25(17)14-8-7-13(19)15(20)16(14)21/h7-8,10-11H,3-6H2,1-2H3,(H,24,26). The summed E-state index contributed by atoms with van der Waals surface area (Å²) in [5.41, 5.74) is 0.672. The van der Waals surface area contributed by atoms with Crippen LogP contribution in [0, 0.1) is 17.2 Å². The molecule has 1 unspecified atom stereocenters. The van der Waals surface area contributed by atoms with Gasteiger partial charge in [-0.2, -0.15) is 10.4 Å². The molecule has 2 aromatic rings. The summed E-state index contributed by atoms with van der Waals surface area (Å²) in [5.74, 6) is -0.00255. The smallest absolute Gasteiger partial charge is 0.228 e. The normalized spacial score (nSPS) is 11.8. The van der Waals surface area contributed by atoms with Gasteiger partial charge >= 0.3 is 0 Å². The number of nitriles is 1. The molecule has 1 amide bonds. The minimum atomic E-state index is -0.143. The summed E-state index contributed by atoms with van der Waals surface area (Å²) >= 11 is 18.4. The first kappa shape index (κ1) is 20.6. The van der Waals surface area contributed by atoms with E-state index in [0.717, 1.165) is 25.7 Å². The summed E-state index contributed by atoms with van der Waals surface area (Å²) < 4.78 is 1.40. The fourth-order valence-corrected chi connectivity index (χ4v) is 3.21. The van der Waals surface area contributed by atoms with Crippen LogP contribution in [0.15, 0.2) is 18.3 Å². The average Bonchev–Trinajstić information content (AvgIpc) is 3.03. The van der Waals surface area contributed by atoms with Gasteiger partial charge in [-0.3, -0.25) is 4.79 Å². The van der Waals surface area contributed by atoms with Crippen LogP contribution >= 0.6 is 34.8 Å².